The number of hydrogen-bond acceptors (Lipinski definition) is 2. The van der Waals surface area contributed by atoms with Gasteiger partial charge in [-0.3, -0.25) is 4.79 Å². The molecule has 1 amide bonds. The molecule has 3 rings (SSSR count). The van der Waals surface area contributed by atoms with E-state index < -0.39 is 0 Å². The first-order valence-electron chi connectivity index (χ1n) is 6.93. The minimum absolute atomic E-state index is 0. The lowest BCUT2D eigenvalue weighted by Gasteiger charge is -2.21. The lowest BCUT2D eigenvalue weighted by Crippen LogP contribution is -2.35. The van der Waals surface area contributed by atoms with E-state index >= 15 is 0 Å². The summed E-state index contributed by atoms with van der Waals surface area (Å²) in [5.41, 5.74) is 3.60. The summed E-state index contributed by atoms with van der Waals surface area (Å²) in [4.78, 5) is 14.3. The quantitative estimate of drug-likeness (QED) is 0.864. The minimum Gasteiger partial charge on any atom is -0.316 e. The third-order valence-corrected chi connectivity index (χ3v) is 4.44. The van der Waals surface area contributed by atoms with E-state index in [9.17, 15) is 4.79 Å². The summed E-state index contributed by atoms with van der Waals surface area (Å²) < 4.78 is 0. The van der Waals surface area contributed by atoms with Crippen LogP contribution in [0.1, 0.15) is 30.9 Å². The molecule has 0 spiro atoms. The zero-order chi connectivity index (χ0) is 13.6. The van der Waals surface area contributed by atoms with Crippen LogP contribution in [0.15, 0.2) is 12.1 Å². The van der Waals surface area contributed by atoms with E-state index in [2.05, 4.69) is 5.32 Å². The van der Waals surface area contributed by atoms with Gasteiger partial charge in [-0.2, -0.15) is 0 Å². The Morgan fingerprint density at radius 2 is 2.20 bits per heavy atom. The first kappa shape index (κ1) is 15.6. The Morgan fingerprint density at radius 1 is 1.45 bits per heavy atom. The Hall–Kier alpha value is -0.770. The van der Waals surface area contributed by atoms with Crippen molar-refractivity contribution in [1.29, 1.82) is 0 Å². The average molecular weight is 315 g/mol. The van der Waals surface area contributed by atoms with Crippen LogP contribution in [0.3, 0.4) is 0 Å². The van der Waals surface area contributed by atoms with Crippen LogP contribution in [-0.4, -0.2) is 25.5 Å². The molecule has 1 unspecified atom stereocenters. The molecule has 1 N–H and O–H groups in total. The van der Waals surface area contributed by atoms with E-state index in [1.54, 1.807) is 0 Å². The SMILES string of the molecule is CC(C)C(=O)N1CC2CNCCc3c(Cl)ccc1c32.Cl. The summed E-state index contributed by atoms with van der Waals surface area (Å²) in [5.74, 6) is 0.619. The van der Waals surface area contributed by atoms with Gasteiger partial charge in [-0.25, -0.2) is 0 Å². The molecule has 110 valence electrons. The second-order valence-corrected chi connectivity index (χ2v) is 6.12. The van der Waals surface area contributed by atoms with E-state index in [0.29, 0.717) is 5.92 Å². The molecular weight excluding hydrogens is 295 g/mol. The van der Waals surface area contributed by atoms with Gasteiger partial charge in [-0.05, 0) is 36.2 Å². The molecule has 0 bridgehead atoms. The molecule has 0 saturated heterocycles. The predicted octanol–water partition coefficient (Wildman–Crippen LogP) is 2.99. The highest BCUT2D eigenvalue weighted by Gasteiger charge is 2.36. The number of benzene rings is 1. The van der Waals surface area contributed by atoms with E-state index in [1.807, 2.05) is 30.9 Å². The molecule has 0 aliphatic carbocycles. The van der Waals surface area contributed by atoms with Gasteiger partial charge in [-0.15, -0.1) is 12.4 Å². The van der Waals surface area contributed by atoms with Crippen molar-refractivity contribution in [3.8, 4) is 0 Å². The van der Waals surface area contributed by atoms with Gasteiger partial charge in [0.2, 0.25) is 5.91 Å². The van der Waals surface area contributed by atoms with Gasteiger partial charge in [0, 0.05) is 35.6 Å². The van der Waals surface area contributed by atoms with E-state index in [1.165, 1.54) is 11.1 Å². The van der Waals surface area contributed by atoms with Gasteiger partial charge >= 0.3 is 0 Å². The summed E-state index contributed by atoms with van der Waals surface area (Å²) in [7, 11) is 0. The number of amides is 1. The molecule has 2 aliphatic heterocycles. The topological polar surface area (TPSA) is 32.3 Å². The third-order valence-electron chi connectivity index (χ3n) is 4.08. The zero-order valence-corrected chi connectivity index (χ0v) is 13.4. The highest BCUT2D eigenvalue weighted by molar-refractivity contribution is 6.31. The fraction of sp³-hybridized carbons (Fsp3) is 0.533. The predicted molar refractivity (Wildman–Crippen MR) is 85.2 cm³/mol. The monoisotopic (exact) mass is 314 g/mol. The molecule has 5 heteroatoms. The van der Waals surface area contributed by atoms with Crippen molar-refractivity contribution < 1.29 is 4.79 Å². The Balaban J connectivity index is 0.00000147. The smallest absolute Gasteiger partial charge is 0.229 e. The van der Waals surface area contributed by atoms with Crippen LogP contribution in [0.2, 0.25) is 5.02 Å². The number of hydrogen-bond donors (Lipinski definition) is 1. The summed E-state index contributed by atoms with van der Waals surface area (Å²) in [5, 5.41) is 4.29. The van der Waals surface area contributed by atoms with Gasteiger partial charge in [0.25, 0.3) is 0 Å². The van der Waals surface area contributed by atoms with Crippen molar-refractivity contribution in [2.24, 2.45) is 5.92 Å². The lowest BCUT2D eigenvalue weighted by molar-refractivity contribution is -0.121. The molecule has 1 atom stereocenters. The highest BCUT2D eigenvalue weighted by atomic mass is 35.5. The van der Waals surface area contributed by atoms with Gasteiger partial charge in [0.1, 0.15) is 0 Å². The average Bonchev–Trinajstić information content (AvgIpc) is 2.60. The molecular formula is C15H20Cl2N2O. The van der Waals surface area contributed by atoms with Crippen LogP contribution in [0.4, 0.5) is 5.69 Å². The first-order chi connectivity index (χ1) is 9.09. The largest absolute Gasteiger partial charge is 0.316 e. The van der Waals surface area contributed by atoms with Crippen molar-refractivity contribution in [2.45, 2.75) is 26.2 Å². The van der Waals surface area contributed by atoms with Crippen LogP contribution < -0.4 is 10.2 Å². The van der Waals surface area contributed by atoms with Crippen molar-refractivity contribution in [3.05, 3.63) is 28.3 Å². The van der Waals surface area contributed by atoms with Crippen LogP contribution in [-0.2, 0) is 11.2 Å². The van der Waals surface area contributed by atoms with Crippen molar-refractivity contribution >= 4 is 35.6 Å². The van der Waals surface area contributed by atoms with Gasteiger partial charge in [0.05, 0.1) is 0 Å². The highest BCUT2D eigenvalue weighted by Crippen LogP contribution is 2.42. The molecule has 20 heavy (non-hydrogen) atoms. The molecule has 0 aromatic heterocycles. The second kappa shape index (κ2) is 5.92. The second-order valence-electron chi connectivity index (χ2n) is 5.71. The fourth-order valence-corrected chi connectivity index (χ4v) is 3.42. The molecule has 1 aromatic carbocycles. The lowest BCUT2D eigenvalue weighted by atomic mass is 9.95. The summed E-state index contributed by atoms with van der Waals surface area (Å²) >= 11 is 6.34. The Labute approximate surface area is 131 Å². The Bertz CT molecular complexity index is 531. The van der Waals surface area contributed by atoms with Crippen LogP contribution in [0, 0.1) is 5.92 Å². The normalized spacial score (nSPS) is 20.4. The van der Waals surface area contributed by atoms with Crippen LogP contribution in [0.5, 0.6) is 0 Å². The van der Waals surface area contributed by atoms with Crippen molar-refractivity contribution in [2.75, 3.05) is 24.5 Å². The van der Waals surface area contributed by atoms with Crippen LogP contribution in [0.25, 0.3) is 0 Å². The third kappa shape index (κ3) is 2.43. The van der Waals surface area contributed by atoms with Crippen LogP contribution >= 0.6 is 24.0 Å². The maximum Gasteiger partial charge on any atom is 0.229 e. The molecule has 2 aliphatic rings. The molecule has 0 radical (unpaired) electrons. The number of nitrogens with one attached hydrogen (secondary N) is 1. The minimum atomic E-state index is 0. The molecule has 3 nitrogen and oxygen atoms in total. The maximum absolute atomic E-state index is 12.3. The Morgan fingerprint density at radius 3 is 2.90 bits per heavy atom. The number of carbonyl (C=O) groups excluding carboxylic acids is 1. The fourth-order valence-electron chi connectivity index (χ4n) is 3.16. The zero-order valence-electron chi connectivity index (χ0n) is 11.8. The summed E-state index contributed by atoms with van der Waals surface area (Å²) in [6.07, 6.45) is 0.947. The number of nitrogens with zero attached hydrogens (tertiary/aromatic N) is 1. The molecule has 1 aromatic rings. The van der Waals surface area contributed by atoms with Crippen molar-refractivity contribution in [3.63, 3.8) is 0 Å². The number of rotatable bonds is 1. The number of halogens is 2. The molecule has 0 fully saturated rings. The van der Waals surface area contributed by atoms with E-state index in [4.69, 9.17) is 11.6 Å². The summed E-state index contributed by atoms with van der Waals surface area (Å²) in [6.45, 7) is 6.59. The van der Waals surface area contributed by atoms with E-state index in [-0.39, 0.29) is 24.2 Å². The first-order valence-corrected chi connectivity index (χ1v) is 7.30. The molecule has 0 saturated carbocycles. The standard InChI is InChI=1S/C15H19ClN2O.ClH/c1-9(2)15(19)18-8-10-7-17-6-5-11-12(16)3-4-13(18)14(10)11;/h3-4,9-10,17H,5-8H2,1-2H3;1H. The summed E-state index contributed by atoms with van der Waals surface area (Å²) in [6, 6.07) is 3.94. The Kier molecular flexibility index (Phi) is 4.62. The number of carbonyl (C=O) groups is 1. The maximum atomic E-state index is 12.3. The number of anilines is 1. The van der Waals surface area contributed by atoms with Gasteiger partial charge in [-0.1, -0.05) is 25.4 Å². The van der Waals surface area contributed by atoms with Gasteiger partial charge in [0.15, 0.2) is 0 Å². The van der Waals surface area contributed by atoms with Gasteiger partial charge < -0.3 is 10.2 Å². The van der Waals surface area contributed by atoms with Crippen molar-refractivity contribution in [1.82, 2.24) is 5.32 Å². The van der Waals surface area contributed by atoms with E-state index in [0.717, 1.165) is 36.8 Å². The molecule has 2 heterocycles.